The molecule has 30 heteroatoms. The Morgan fingerprint density at radius 1 is 0.573 bits per heavy atom. The molecule has 0 aliphatic carbocycles. The fourth-order valence-corrected chi connectivity index (χ4v) is 12.1. The number of hydrogen-bond acceptors (Lipinski definition) is 22. The number of carboxylic acids is 1. The van der Waals surface area contributed by atoms with E-state index in [1.165, 1.54) is 30.4 Å². The van der Waals surface area contributed by atoms with Crippen LogP contribution in [0.5, 0.6) is 0 Å². The van der Waals surface area contributed by atoms with E-state index in [-0.39, 0.29) is 120 Å². The molecule has 5 aromatic rings. The van der Waals surface area contributed by atoms with Crippen molar-refractivity contribution in [3.63, 3.8) is 0 Å². The zero-order valence-corrected chi connectivity index (χ0v) is 59.3. The number of benzene rings is 5. The number of rotatable bonds is 34. The largest absolute Gasteiger partial charge is 1.00 e. The topological polar surface area (TPSA) is 420 Å². The third-order valence-corrected chi connectivity index (χ3v) is 17.3. The average molecular weight is 1390 g/mol. The molecule has 2 saturated heterocycles. The molecule has 0 saturated carbocycles. The van der Waals surface area contributed by atoms with Gasteiger partial charge in [-0.15, -0.1) is 0 Å². The van der Waals surface area contributed by atoms with Gasteiger partial charge in [0.1, 0.15) is 30.4 Å². The predicted molar refractivity (Wildman–Crippen MR) is 345 cm³/mol. The Balaban J connectivity index is 0.00000653. The van der Waals surface area contributed by atoms with Crippen LogP contribution in [-0.4, -0.2) is 206 Å². The maximum absolute atomic E-state index is 13.0. The monoisotopic (exact) mass is 1390 g/mol. The van der Waals surface area contributed by atoms with Crippen molar-refractivity contribution < 1.29 is 158 Å². The van der Waals surface area contributed by atoms with E-state index in [1.807, 2.05) is 60.7 Å². The number of aliphatic hydroxyl groups is 6. The number of anilines is 2. The second-order valence-electron chi connectivity index (χ2n) is 22.3. The van der Waals surface area contributed by atoms with E-state index in [2.05, 4.69) is 31.9 Å². The number of nitrogens with one attached hydrogen (secondary N) is 6. The van der Waals surface area contributed by atoms with Crippen LogP contribution >= 0.6 is 23.5 Å². The summed E-state index contributed by atoms with van der Waals surface area (Å²) >= 11 is 2.78. The number of carboxylic acid groups (broad SMARTS) is 1. The van der Waals surface area contributed by atoms with Crippen molar-refractivity contribution in [1.29, 1.82) is 0 Å². The van der Waals surface area contributed by atoms with Crippen LogP contribution in [0.2, 0.25) is 0 Å². The first-order chi connectivity index (χ1) is 44.6. The Hall–Kier alpha value is -5.68. The molecule has 0 spiro atoms. The summed E-state index contributed by atoms with van der Waals surface area (Å²) in [6, 6.07) is 36.3. The number of carbonyl (C=O) groups excluding carboxylic acids is 8. The van der Waals surface area contributed by atoms with Gasteiger partial charge >= 0.3 is 59.1 Å². The molecule has 96 heavy (non-hydrogen) atoms. The minimum Gasteiger partial charge on any atom is -0.870 e. The molecule has 26 nitrogen and oxygen atoms in total. The summed E-state index contributed by atoms with van der Waals surface area (Å²) < 4.78 is 23.2. The van der Waals surface area contributed by atoms with Gasteiger partial charge < -0.3 is 102 Å². The summed E-state index contributed by atoms with van der Waals surface area (Å²) in [5.74, 6) is -8.06. The molecule has 5 aromatic carbocycles. The van der Waals surface area contributed by atoms with E-state index in [9.17, 15) is 74.1 Å². The van der Waals surface area contributed by atoms with Crippen molar-refractivity contribution in [3.8, 4) is 22.3 Å². The molecule has 0 bridgehead atoms. The number of ether oxygens (including phenoxy) is 4. The third-order valence-electron chi connectivity index (χ3n) is 15.2. The normalized spacial score (nSPS) is 21.7. The Morgan fingerprint density at radius 2 is 0.979 bits per heavy atom. The number of aliphatic carboxylic acids is 1. The van der Waals surface area contributed by atoms with Crippen molar-refractivity contribution in [2.75, 3.05) is 59.9 Å². The van der Waals surface area contributed by atoms with Gasteiger partial charge in [0.2, 0.25) is 29.4 Å². The van der Waals surface area contributed by atoms with E-state index in [1.54, 1.807) is 79.1 Å². The van der Waals surface area contributed by atoms with Crippen LogP contribution < -0.4 is 96.1 Å². The molecule has 0 radical (unpaired) electrons. The Kier molecular flexibility index (Phi) is 35.4. The molecule has 2 heterocycles. The smallest absolute Gasteiger partial charge is 0.870 e. The van der Waals surface area contributed by atoms with Crippen LogP contribution in [0.3, 0.4) is 0 Å². The summed E-state index contributed by atoms with van der Waals surface area (Å²) in [7, 11) is 0. The molecule has 0 unspecified atom stereocenters. The Bertz CT molecular complexity index is 3300. The summed E-state index contributed by atoms with van der Waals surface area (Å²) in [6.45, 7) is 1.01. The maximum Gasteiger partial charge on any atom is 1.00 e. The summed E-state index contributed by atoms with van der Waals surface area (Å²) in [5.41, 5.74) is 5.05. The Morgan fingerprint density at radius 3 is 1.40 bits per heavy atom. The van der Waals surface area contributed by atoms with Crippen molar-refractivity contribution in [2.45, 2.75) is 125 Å². The van der Waals surface area contributed by atoms with Gasteiger partial charge in [0.15, 0.2) is 0 Å². The molecule has 2 aliphatic rings. The van der Waals surface area contributed by atoms with Crippen molar-refractivity contribution in [3.05, 3.63) is 145 Å². The van der Waals surface area contributed by atoms with Crippen LogP contribution in [0, 0.1) is 0 Å². The zero-order chi connectivity index (χ0) is 67.1. The van der Waals surface area contributed by atoms with Crippen LogP contribution in [0.15, 0.2) is 133 Å². The minimum atomic E-state index is -2.61. The first kappa shape index (κ1) is 82.7. The number of amides is 6. The molecule has 0 aromatic heterocycles. The first-order valence-electron chi connectivity index (χ1n) is 30.2. The number of hydrogen-bond donors (Lipinski definition) is 12. The van der Waals surface area contributed by atoms with E-state index in [0.29, 0.717) is 40.8 Å². The van der Waals surface area contributed by atoms with E-state index in [0.717, 1.165) is 29.2 Å². The summed E-state index contributed by atoms with van der Waals surface area (Å²) in [5, 5.41) is 95.1. The van der Waals surface area contributed by atoms with Gasteiger partial charge in [0.05, 0.1) is 48.9 Å². The molecule has 508 valence electrons. The Labute approximate surface area is 608 Å². The van der Waals surface area contributed by atoms with Crippen molar-refractivity contribution in [1.82, 2.24) is 21.3 Å². The van der Waals surface area contributed by atoms with Gasteiger partial charge in [0.25, 0.3) is 11.8 Å². The van der Waals surface area contributed by atoms with Crippen LogP contribution in [-0.2, 0) is 47.7 Å². The predicted octanol–water partition coefficient (Wildman–Crippen LogP) is -4.35. The first-order valence-corrected chi connectivity index (χ1v) is 32.5. The standard InChI is InChI=1S/C66H79N6O19S2.2Na.H2O/c1-40(74)69-56-50(76)35-65(39-73,90-60(56)58(82)52(78)37-67-62(84)46-22-18-44(19-23-46)42-12-5-3-6-13-42)88-28-10-30-92-32-26-54(80)71-48-16-9-17-49(34-48)72-55(81)27-33-93-31-11-29-89-66(64(86)87)36-51(77)57(70-41(2)75)61(91-66)59(83)53(79)38-68-63(85)47-24-20-45(21-25-47)43-14-7-4-8-15-43;;;/h3-9,12-25,34,50-53,56-61,76-79,82-83H,10-11,26-33,35-38H2,1-2H3,(H,67,84)(H,68,85)(H,69,74)(H,70,75)(H,71,80)(H,72,81)(H,86,87);;;1H2/q-1;2*+1;/p-2/t50-,51-,52+,53+,56+,57+,58+,59+,60+,61+,65+,66+;;;/m0.../s1. The SMILES string of the molecule is CC(=O)N[C@H]1[C@H]([C@H](O)[C@H](O)CNC(=O)c2ccc(-c3ccccc3)cc2)O[C@]([C-]=O)(OCCCSCCC(=O)Nc2cccc(NC(=O)CCSCCCO[C@]3(C(=O)[O-])C[C@H](O)[C@@H](NC(C)=O)[C@H]([C@H](O)[C@H](O)CNC(=O)c4ccc(-c5ccccc5)cc4)O3)c2)C[C@@H]1O.[Na+].[Na+].[OH-]. The van der Waals surface area contributed by atoms with Gasteiger partial charge in [-0.05, 0) is 89.1 Å². The average Bonchev–Trinajstić information content (AvgIpc) is 0.784. The van der Waals surface area contributed by atoms with Gasteiger partial charge in [-0.1, -0.05) is 91.0 Å². The molecule has 2 fully saturated rings. The number of carbonyl (C=O) groups is 7. The van der Waals surface area contributed by atoms with E-state index >= 15 is 0 Å². The third kappa shape index (κ3) is 24.6. The zero-order valence-electron chi connectivity index (χ0n) is 53.6. The molecule has 6 amide bonds. The van der Waals surface area contributed by atoms with E-state index < -0.39 is 128 Å². The fraction of sp³-hybridized carbons (Fsp3) is 0.424. The van der Waals surface area contributed by atoms with Crippen molar-refractivity contribution in [2.24, 2.45) is 0 Å². The molecule has 13 N–H and O–H groups in total. The fourth-order valence-electron chi connectivity index (χ4n) is 10.4. The van der Waals surface area contributed by atoms with Gasteiger partial charge in [-0.25, -0.2) is 6.29 Å². The van der Waals surface area contributed by atoms with Gasteiger partial charge in [0, 0.05) is 93.2 Å². The quantitative estimate of drug-likeness (QED) is 0.0105. The second-order valence-corrected chi connectivity index (χ2v) is 24.7. The minimum absolute atomic E-state index is 0. The molecular weight excluding hydrogens is 1310 g/mol. The summed E-state index contributed by atoms with van der Waals surface area (Å²) in [4.78, 5) is 101. The van der Waals surface area contributed by atoms with Crippen LogP contribution in [0.1, 0.15) is 73.1 Å². The number of aliphatic hydroxyl groups excluding tert-OH is 6. The van der Waals surface area contributed by atoms with Crippen LogP contribution in [0.4, 0.5) is 11.4 Å². The molecular formula is C66H79N6Na2O20S2-. The molecule has 2 aliphatic heterocycles. The maximum atomic E-state index is 13.0. The molecule has 12 atom stereocenters. The second kappa shape index (κ2) is 41.0. The van der Waals surface area contributed by atoms with Crippen LogP contribution in [0.25, 0.3) is 22.3 Å². The summed E-state index contributed by atoms with van der Waals surface area (Å²) in [6.07, 6.45) is -12.4. The van der Waals surface area contributed by atoms with Gasteiger partial charge in [-0.2, -0.15) is 23.5 Å². The number of thioether (sulfide) groups is 2. The van der Waals surface area contributed by atoms with E-state index in [4.69, 9.17) is 18.9 Å². The molecule has 7 rings (SSSR count). The van der Waals surface area contributed by atoms with Gasteiger partial charge in [-0.3, -0.25) is 28.8 Å². The van der Waals surface area contributed by atoms with Crippen molar-refractivity contribution >= 4 is 82.6 Å².